The molecule has 1 unspecified atom stereocenters. The summed E-state index contributed by atoms with van der Waals surface area (Å²) in [6.07, 6.45) is 0.978. The molecular weight excluding hydrogens is 300 g/mol. The minimum absolute atomic E-state index is 0.0444. The van der Waals surface area contributed by atoms with Crippen LogP contribution in [0.15, 0.2) is 24.3 Å². The van der Waals surface area contributed by atoms with Crippen molar-refractivity contribution in [1.29, 1.82) is 0 Å². The first-order valence-electron chi connectivity index (χ1n) is 5.71. The normalized spacial score (nSPS) is 18.9. The number of likely N-dealkylation sites (tertiary alicyclic amines) is 1. The highest BCUT2D eigenvalue weighted by Crippen LogP contribution is 2.21. The second-order valence-electron chi connectivity index (χ2n) is 4.37. The molecule has 1 atom stereocenters. The van der Waals surface area contributed by atoms with E-state index in [0.717, 1.165) is 18.3 Å². The predicted octanol–water partition coefficient (Wildman–Crippen LogP) is 2.45. The molecule has 0 radical (unpaired) electrons. The zero-order chi connectivity index (χ0) is 13.1. The summed E-state index contributed by atoms with van der Waals surface area (Å²) in [6, 6.07) is 5.89. The van der Waals surface area contributed by atoms with Crippen LogP contribution in [0.2, 0.25) is 0 Å². The Balaban J connectivity index is 2.14. The van der Waals surface area contributed by atoms with E-state index in [1.807, 2.05) is 0 Å². The molecule has 0 spiro atoms. The second kappa shape index (κ2) is 5.48. The van der Waals surface area contributed by atoms with Crippen LogP contribution >= 0.6 is 15.9 Å². The van der Waals surface area contributed by atoms with Crippen molar-refractivity contribution in [1.82, 2.24) is 4.90 Å². The van der Waals surface area contributed by atoms with E-state index in [4.69, 9.17) is 0 Å². The number of non-ortho nitro benzene ring substituents is 1. The van der Waals surface area contributed by atoms with E-state index < -0.39 is 4.92 Å². The lowest BCUT2D eigenvalue weighted by Gasteiger charge is -2.15. The molecule has 1 fully saturated rings. The van der Waals surface area contributed by atoms with Gasteiger partial charge in [0, 0.05) is 36.1 Å². The van der Waals surface area contributed by atoms with Gasteiger partial charge in [-0.2, -0.15) is 0 Å². The largest absolute Gasteiger partial charge is 0.338 e. The molecule has 1 heterocycles. The van der Waals surface area contributed by atoms with E-state index >= 15 is 0 Å². The fourth-order valence-electron chi connectivity index (χ4n) is 2.08. The average molecular weight is 313 g/mol. The number of nitro groups is 1. The fraction of sp³-hybridized carbons (Fsp3) is 0.417. The molecule has 1 aliphatic heterocycles. The van der Waals surface area contributed by atoms with Crippen molar-refractivity contribution in [3.63, 3.8) is 0 Å². The van der Waals surface area contributed by atoms with Gasteiger partial charge in [0.05, 0.1) is 4.92 Å². The third-order valence-corrected chi connectivity index (χ3v) is 4.01. The minimum atomic E-state index is -0.484. The highest BCUT2D eigenvalue weighted by molar-refractivity contribution is 9.09. The van der Waals surface area contributed by atoms with Crippen LogP contribution < -0.4 is 0 Å². The van der Waals surface area contributed by atoms with Gasteiger partial charge in [0.2, 0.25) is 0 Å². The first kappa shape index (κ1) is 13.0. The highest BCUT2D eigenvalue weighted by Gasteiger charge is 2.26. The number of hydrogen-bond acceptors (Lipinski definition) is 3. The Bertz CT molecular complexity index is 478. The Labute approximate surface area is 113 Å². The van der Waals surface area contributed by atoms with Crippen molar-refractivity contribution in [2.24, 2.45) is 5.92 Å². The van der Waals surface area contributed by atoms with Gasteiger partial charge in [-0.3, -0.25) is 14.9 Å². The van der Waals surface area contributed by atoms with Crippen molar-refractivity contribution in [3.05, 3.63) is 39.9 Å². The molecule has 0 aromatic heterocycles. The number of halogens is 1. The summed E-state index contributed by atoms with van der Waals surface area (Å²) in [5.74, 6) is 0.356. The maximum Gasteiger partial charge on any atom is 0.270 e. The van der Waals surface area contributed by atoms with Gasteiger partial charge in [-0.05, 0) is 18.4 Å². The molecule has 1 aliphatic rings. The van der Waals surface area contributed by atoms with Crippen LogP contribution in [0.5, 0.6) is 0 Å². The maximum absolute atomic E-state index is 12.2. The lowest BCUT2D eigenvalue weighted by Crippen LogP contribution is -2.28. The Morgan fingerprint density at radius 1 is 1.56 bits per heavy atom. The molecule has 18 heavy (non-hydrogen) atoms. The summed E-state index contributed by atoms with van der Waals surface area (Å²) in [4.78, 5) is 24.1. The average Bonchev–Trinajstić information content (AvgIpc) is 2.86. The van der Waals surface area contributed by atoms with Gasteiger partial charge in [0.25, 0.3) is 11.6 Å². The number of nitrogens with zero attached hydrogens (tertiary/aromatic N) is 2. The topological polar surface area (TPSA) is 63.4 Å². The highest BCUT2D eigenvalue weighted by atomic mass is 79.9. The molecule has 0 saturated carbocycles. The molecule has 1 aromatic carbocycles. The number of hydrogen-bond donors (Lipinski definition) is 0. The molecule has 0 N–H and O–H groups in total. The van der Waals surface area contributed by atoms with Crippen molar-refractivity contribution in [2.45, 2.75) is 6.42 Å². The van der Waals surface area contributed by atoms with Crippen LogP contribution in [0, 0.1) is 16.0 Å². The standard InChI is InChI=1S/C12H13BrN2O3/c13-7-9-4-5-14(8-9)12(16)10-2-1-3-11(6-10)15(17)18/h1-3,6,9H,4-5,7-8H2. The molecule has 1 saturated heterocycles. The summed E-state index contributed by atoms with van der Waals surface area (Å²) < 4.78 is 0. The number of amides is 1. The molecule has 0 bridgehead atoms. The molecule has 6 heteroatoms. The van der Waals surface area contributed by atoms with Crippen molar-refractivity contribution in [3.8, 4) is 0 Å². The summed E-state index contributed by atoms with van der Waals surface area (Å²) in [6.45, 7) is 1.44. The van der Waals surface area contributed by atoms with Gasteiger partial charge in [0.15, 0.2) is 0 Å². The number of carbonyl (C=O) groups is 1. The number of rotatable bonds is 3. The van der Waals surface area contributed by atoms with Gasteiger partial charge in [-0.15, -0.1) is 0 Å². The Kier molecular flexibility index (Phi) is 3.96. The van der Waals surface area contributed by atoms with E-state index in [0.29, 0.717) is 18.0 Å². The summed E-state index contributed by atoms with van der Waals surface area (Å²) in [5.41, 5.74) is 0.344. The molecule has 5 nitrogen and oxygen atoms in total. The minimum Gasteiger partial charge on any atom is -0.338 e. The number of nitro benzene ring substituents is 1. The summed E-state index contributed by atoms with van der Waals surface area (Å²) in [7, 11) is 0. The Morgan fingerprint density at radius 2 is 2.33 bits per heavy atom. The van der Waals surface area contributed by atoms with Crippen LogP contribution in [-0.4, -0.2) is 34.2 Å². The van der Waals surface area contributed by atoms with Crippen molar-refractivity contribution in [2.75, 3.05) is 18.4 Å². The SMILES string of the molecule is O=C(c1cccc([N+](=O)[O-])c1)N1CCC(CBr)C1. The van der Waals surface area contributed by atoms with E-state index in [-0.39, 0.29) is 11.6 Å². The third kappa shape index (κ3) is 2.69. The van der Waals surface area contributed by atoms with Gasteiger partial charge < -0.3 is 4.90 Å². The van der Waals surface area contributed by atoms with E-state index in [9.17, 15) is 14.9 Å². The van der Waals surface area contributed by atoms with E-state index in [2.05, 4.69) is 15.9 Å². The lowest BCUT2D eigenvalue weighted by atomic mass is 10.1. The van der Waals surface area contributed by atoms with Crippen LogP contribution in [0.1, 0.15) is 16.8 Å². The third-order valence-electron chi connectivity index (χ3n) is 3.10. The van der Waals surface area contributed by atoms with Crippen LogP contribution in [-0.2, 0) is 0 Å². The van der Waals surface area contributed by atoms with Crippen LogP contribution in [0.3, 0.4) is 0 Å². The number of carbonyl (C=O) groups excluding carboxylic acids is 1. The monoisotopic (exact) mass is 312 g/mol. The van der Waals surface area contributed by atoms with Gasteiger partial charge in [-0.25, -0.2) is 0 Å². The van der Waals surface area contributed by atoms with Gasteiger partial charge in [-0.1, -0.05) is 22.0 Å². The second-order valence-corrected chi connectivity index (χ2v) is 5.02. The van der Waals surface area contributed by atoms with Gasteiger partial charge in [0.1, 0.15) is 0 Å². The van der Waals surface area contributed by atoms with Gasteiger partial charge >= 0.3 is 0 Å². The fourth-order valence-corrected chi connectivity index (χ4v) is 2.61. The van der Waals surface area contributed by atoms with E-state index in [1.54, 1.807) is 17.0 Å². The Morgan fingerprint density at radius 3 is 2.94 bits per heavy atom. The lowest BCUT2D eigenvalue weighted by molar-refractivity contribution is -0.384. The zero-order valence-corrected chi connectivity index (χ0v) is 11.3. The maximum atomic E-state index is 12.2. The molecule has 1 amide bonds. The Hall–Kier alpha value is -1.43. The first-order valence-corrected chi connectivity index (χ1v) is 6.83. The van der Waals surface area contributed by atoms with Crippen LogP contribution in [0.25, 0.3) is 0 Å². The quantitative estimate of drug-likeness (QED) is 0.489. The zero-order valence-electron chi connectivity index (χ0n) is 9.71. The van der Waals surface area contributed by atoms with Crippen LogP contribution in [0.4, 0.5) is 5.69 Å². The number of benzene rings is 1. The van der Waals surface area contributed by atoms with E-state index in [1.165, 1.54) is 12.1 Å². The molecule has 1 aromatic rings. The molecule has 2 rings (SSSR count). The first-order chi connectivity index (χ1) is 8.61. The molecular formula is C12H13BrN2O3. The number of alkyl halides is 1. The predicted molar refractivity (Wildman–Crippen MR) is 70.9 cm³/mol. The molecule has 0 aliphatic carbocycles. The molecule has 96 valence electrons. The van der Waals surface area contributed by atoms with Crippen molar-refractivity contribution >= 4 is 27.5 Å². The summed E-state index contributed by atoms with van der Waals surface area (Å²) >= 11 is 3.41. The smallest absolute Gasteiger partial charge is 0.270 e. The summed E-state index contributed by atoms with van der Waals surface area (Å²) in [5, 5.41) is 11.6. The van der Waals surface area contributed by atoms with Crippen molar-refractivity contribution < 1.29 is 9.72 Å².